The van der Waals surface area contributed by atoms with Gasteiger partial charge in [0.1, 0.15) is 6.10 Å². The third-order valence-electron chi connectivity index (χ3n) is 6.95. The minimum absolute atomic E-state index is 0.118. The van der Waals surface area contributed by atoms with Gasteiger partial charge in [-0.1, -0.05) is 94.0 Å². The van der Waals surface area contributed by atoms with E-state index in [0.29, 0.717) is 5.56 Å². The molecular formula is C33H42O4. The monoisotopic (exact) mass is 502 g/mol. The fraction of sp³-hybridized carbons (Fsp3) is 0.455. The van der Waals surface area contributed by atoms with E-state index in [1.54, 1.807) is 0 Å². The average Bonchev–Trinajstić information content (AvgIpc) is 2.90. The van der Waals surface area contributed by atoms with E-state index in [9.17, 15) is 9.59 Å². The van der Waals surface area contributed by atoms with Crippen LogP contribution >= 0.6 is 0 Å². The van der Waals surface area contributed by atoms with E-state index < -0.39 is 5.97 Å². The summed E-state index contributed by atoms with van der Waals surface area (Å²) in [7, 11) is 0. The number of rotatable bonds is 17. The summed E-state index contributed by atoms with van der Waals surface area (Å²) in [6, 6.07) is 18.3. The molecule has 1 unspecified atom stereocenters. The van der Waals surface area contributed by atoms with E-state index in [0.717, 1.165) is 80.4 Å². The first-order chi connectivity index (χ1) is 18.1. The highest BCUT2D eigenvalue weighted by molar-refractivity contribution is 6.09. The smallest absolute Gasteiger partial charge is 0.339 e. The fourth-order valence-corrected chi connectivity index (χ4v) is 4.82. The molecule has 198 valence electrons. The zero-order chi connectivity index (χ0) is 26.3. The molecule has 0 radical (unpaired) electrons. The Balaban J connectivity index is 1.56. The number of carboxylic acids is 1. The molecule has 3 rings (SSSR count). The number of unbranched alkanes of at least 4 members (excludes halogenated alkanes) is 8. The van der Waals surface area contributed by atoms with Crippen molar-refractivity contribution < 1.29 is 19.4 Å². The lowest BCUT2D eigenvalue weighted by atomic mass is 9.99. The third-order valence-corrected chi connectivity index (χ3v) is 6.95. The Labute approximate surface area is 221 Å². The number of carbonyl (C=O) groups is 2. The second-order valence-corrected chi connectivity index (χ2v) is 10.0. The molecule has 1 N–H and O–H groups in total. The SMILES string of the molecule is CCCCCCC(CC=CCCCCCCCC(=O)O)OC(=O)c1cccc2cc3ccccc3cc12. The number of ether oxygens (including phenoxy) is 1. The molecule has 0 aliphatic rings. The standard InChI is InChI=1S/C33H42O4/c1-2-3-4-11-20-29(21-12-9-7-5-6-8-10-13-23-32(34)35)37-33(36)30-22-16-19-28-24-26-17-14-15-18-27(26)25-31(28)30/h9,12,14-19,22,24-25,29H,2-8,10-11,13,20-21,23H2,1H3,(H,34,35). The van der Waals surface area contributed by atoms with Crippen molar-refractivity contribution in [2.75, 3.05) is 0 Å². The van der Waals surface area contributed by atoms with Crippen molar-refractivity contribution in [3.05, 3.63) is 72.3 Å². The van der Waals surface area contributed by atoms with Crippen LogP contribution in [0.5, 0.6) is 0 Å². The number of carbonyl (C=O) groups excluding carboxylic acids is 1. The lowest BCUT2D eigenvalue weighted by Gasteiger charge is -2.17. The Morgan fingerprint density at radius 3 is 2.30 bits per heavy atom. The maximum absolute atomic E-state index is 13.3. The predicted molar refractivity (Wildman–Crippen MR) is 153 cm³/mol. The number of aliphatic carboxylic acids is 1. The molecule has 3 aromatic carbocycles. The lowest BCUT2D eigenvalue weighted by molar-refractivity contribution is -0.137. The van der Waals surface area contributed by atoms with E-state index in [4.69, 9.17) is 9.84 Å². The van der Waals surface area contributed by atoms with Crippen molar-refractivity contribution in [3.63, 3.8) is 0 Å². The number of fused-ring (bicyclic) bond motifs is 2. The van der Waals surface area contributed by atoms with Gasteiger partial charge in [-0.3, -0.25) is 4.79 Å². The molecular weight excluding hydrogens is 460 g/mol. The van der Waals surface area contributed by atoms with Crippen LogP contribution in [0.3, 0.4) is 0 Å². The molecule has 0 aromatic heterocycles. The van der Waals surface area contributed by atoms with Crippen LogP contribution in [0.2, 0.25) is 0 Å². The normalized spacial score (nSPS) is 12.4. The highest BCUT2D eigenvalue weighted by Crippen LogP contribution is 2.27. The summed E-state index contributed by atoms with van der Waals surface area (Å²) < 4.78 is 6.09. The molecule has 4 nitrogen and oxygen atoms in total. The van der Waals surface area contributed by atoms with Crippen molar-refractivity contribution in [3.8, 4) is 0 Å². The number of esters is 1. The minimum atomic E-state index is -0.707. The summed E-state index contributed by atoms with van der Waals surface area (Å²) in [6.07, 6.45) is 16.8. The molecule has 3 aromatic rings. The van der Waals surface area contributed by atoms with Crippen LogP contribution in [0.15, 0.2) is 66.7 Å². The fourth-order valence-electron chi connectivity index (χ4n) is 4.82. The van der Waals surface area contributed by atoms with Crippen LogP contribution in [0.25, 0.3) is 21.5 Å². The Morgan fingerprint density at radius 2 is 1.51 bits per heavy atom. The van der Waals surface area contributed by atoms with Crippen molar-refractivity contribution in [1.29, 1.82) is 0 Å². The number of allylic oxidation sites excluding steroid dienone is 1. The average molecular weight is 503 g/mol. The minimum Gasteiger partial charge on any atom is -0.481 e. The largest absolute Gasteiger partial charge is 0.481 e. The van der Waals surface area contributed by atoms with E-state index in [1.807, 2.05) is 24.3 Å². The summed E-state index contributed by atoms with van der Waals surface area (Å²) in [5.74, 6) is -0.946. The van der Waals surface area contributed by atoms with Gasteiger partial charge >= 0.3 is 11.9 Å². The van der Waals surface area contributed by atoms with Gasteiger partial charge in [-0.15, -0.1) is 0 Å². The molecule has 0 bridgehead atoms. The maximum atomic E-state index is 13.3. The third kappa shape index (κ3) is 9.68. The van der Waals surface area contributed by atoms with Crippen LogP contribution < -0.4 is 0 Å². The molecule has 0 aliphatic heterocycles. The Bertz CT molecular complexity index is 1160. The molecule has 0 saturated carbocycles. The molecule has 4 heteroatoms. The zero-order valence-electron chi connectivity index (χ0n) is 22.3. The van der Waals surface area contributed by atoms with Crippen molar-refractivity contribution in [2.45, 2.75) is 96.5 Å². The van der Waals surface area contributed by atoms with Crippen LogP contribution in [0.4, 0.5) is 0 Å². The van der Waals surface area contributed by atoms with Crippen LogP contribution in [0, 0.1) is 0 Å². The van der Waals surface area contributed by atoms with Gasteiger partial charge in [0.15, 0.2) is 0 Å². The molecule has 0 amide bonds. The van der Waals surface area contributed by atoms with Gasteiger partial charge < -0.3 is 9.84 Å². The molecule has 0 aliphatic carbocycles. The number of hydrogen-bond donors (Lipinski definition) is 1. The quantitative estimate of drug-likeness (QED) is 0.0864. The van der Waals surface area contributed by atoms with Crippen molar-refractivity contribution in [2.24, 2.45) is 0 Å². The van der Waals surface area contributed by atoms with Gasteiger partial charge in [0.05, 0.1) is 5.56 Å². The van der Waals surface area contributed by atoms with Crippen LogP contribution in [-0.4, -0.2) is 23.1 Å². The summed E-state index contributed by atoms with van der Waals surface area (Å²) in [5.41, 5.74) is 0.633. The van der Waals surface area contributed by atoms with Gasteiger partial charge in [0.2, 0.25) is 0 Å². The Hall–Kier alpha value is -3.14. The van der Waals surface area contributed by atoms with E-state index >= 15 is 0 Å². The Kier molecular flexibility index (Phi) is 12.2. The van der Waals surface area contributed by atoms with Gasteiger partial charge in [-0.2, -0.15) is 0 Å². The highest BCUT2D eigenvalue weighted by atomic mass is 16.5. The van der Waals surface area contributed by atoms with Gasteiger partial charge in [-0.25, -0.2) is 4.79 Å². The lowest BCUT2D eigenvalue weighted by Crippen LogP contribution is -2.18. The van der Waals surface area contributed by atoms with Crippen LogP contribution in [-0.2, 0) is 9.53 Å². The molecule has 0 fully saturated rings. The zero-order valence-corrected chi connectivity index (χ0v) is 22.3. The second kappa shape index (κ2) is 15.9. The number of carboxylic acid groups (broad SMARTS) is 1. The predicted octanol–water partition coefficient (Wildman–Crippen LogP) is 9.25. The molecule has 0 saturated heterocycles. The summed E-state index contributed by atoms with van der Waals surface area (Å²) in [4.78, 5) is 23.9. The number of hydrogen-bond acceptors (Lipinski definition) is 3. The summed E-state index contributed by atoms with van der Waals surface area (Å²) in [5, 5.41) is 13.0. The van der Waals surface area contributed by atoms with E-state index in [-0.39, 0.29) is 18.5 Å². The second-order valence-electron chi connectivity index (χ2n) is 10.0. The molecule has 1 atom stereocenters. The van der Waals surface area contributed by atoms with Gasteiger partial charge in [-0.05, 0) is 71.8 Å². The first kappa shape index (κ1) is 28.4. The van der Waals surface area contributed by atoms with Crippen molar-refractivity contribution in [1.82, 2.24) is 0 Å². The van der Waals surface area contributed by atoms with Crippen LogP contribution in [0.1, 0.15) is 101 Å². The summed E-state index contributed by atoms with van der Waals surface area (Å²) in [6.45, 7) is 2.20. The molecule has 0 spiro atoms. The maximum Gasteiger partial charge on any atom is 0.339 e. The van der Waals surface area contributed by atoms with Gasteiger partial charge in [0, 0.05) is 12.8 Å². The summed E-state index contributed by atoms with van der Waals surface area (Å²) >= 11 is 0. The topological polar surface area (TPSA) is 63.6 Å². The molecule has 0 heterocycles. The van der Waals surface area contributed by atoms with Gasteiger partial charge in [0.25, 0.3) is 0 Å². The van der Waals surface area contributed by atoms with E-state index in [2.05, 4.69) is 49.4 Å². The first-order valence-corrected chi connectivity index (χ1v) is 14.1. The van der Waals surface area contributed by atoms with E-state index in [1.165, 1.54) is 18.2 Å². The van der Waals surface area contributed by atoms with Crippen molar-refractivity contribution >= 4 is 33.5 Å². The number of benzene rings is 3. The highest BCUT2D eigenvalue weighted by Gasteiger charge is 2.17. The molecule has 37 heavy (non-hydrogen) atoms. The first-order valence-electron chi connectivity index (χ1n) is 14.1. The Morgan fingerprint density at radius 1 is 0.811 bits per heavy atom.